The fourth-order valence-electron chi connectivity index (χ4n) is 2.62. The molecule has 1 aromatic carbocycles. The molecule has 1 aliphatic rings. The van der Waals surface area contributed by atoms with Gasteiger partial charge in [0.05, 0.1) is 0 Å². The second-order valence-corrected chi connectivity index (χ2v) is 5.69. The summed E-state index contributed by atoms with van der Waals surface area (Å²) in [5.74, 6) is 1.86. The van der Waals surface area contributed by atoms with Gasteiger partial charge >= 0.3 is 0 Å². The number of anilines is 4. The van der Waals surface area contributed by atoms with Crippen LogP contribution in [0.25, 0.3) is 0 Å². The van der Waals surface area contributed by atoms with Gasteiger partial charge in [0.1, 0.15) is 17.5 Å². The standard InChI is InChI=1S/C16H22N6/c1-12-18-15(17)11-16(19-12)20-13-3-5-14(6-4-13)22-9-7-21(2)8-10-22/h3-6,11H,7-10H2,1-2H3,(H3,17,18,19,20). The van der Waals surface area contributed by atoms with Gasteiger partial charge in [0.15, 0.2) is 0 Å². The first kappa shape index (κ1) is 14.6. The monoisotopic (exact) mass is 298 g/mol. The number of piperazine rings is 1. The normalized spacial score (nSPS) is 15.8. The van der Waals surface area contributed by atoms with Gasteiger partial charge in [-0.05, 0) is 38.2 Å². The zero-order valence-corrected chi connectivity index (χ0v) is 13.1. The van der Waals surface area contributed by atoms with Crippen molar-refractivity contribution in [2.24, 2.45) is 0 Å². The van der Waals surface area contributed by atoms with Crippen LogP contribution in [-0.2, 0) is 0 Å². The molecule has 0 spiro atoms. The lowest BCUT2D eigenvalue weighted by molar-refractivity contribution is 0.313. The average Bonchev–Trinajstić information content (AvgIpc) is 2.48. The van der Waals surface area contributed by atoms with Crippen LogP contribution >= 0.6 is 0 Å². The average molecular weight is 298 g/mol. The topological polar surface area (TPSA) is 70.3 Å². The first-order valence-electron chi connectivity index (χ1n) is 7.52. The van der Waals surface area contributed by atoms with Gasteiger partial charge in [0.25, 0.3) is 0 Å². The summed E-state index contributed by atoms with van der Waals surface area (Å²) in [5, 5.41) is 3.26. The molecule has 0 radical (unpaired) electrons. The summed E-state index contributed by atoms with van der Waals surface area (Å²) in [6.45, 7) is 6.20. The minimum atomic E-state index is 0.476. The van der Waals surface area contributed by atoms with E-state index in [1.807, 2.05) is 6.92 Å². The molecule has 0 bridgehead atoms. The molecular formula is C16H22N6. The van der Waals surface area contributed by atoms with Gasteiger partial charge < -0.3 is 20.9 Å². The van der Waals surface area contributed by atoms with Crippen LogP contribution in [0.5, 0.6) is 0 Å². The maximum absolute atomic E-state index is 5.74. The Kier molecular flexibility index (Phi) is 4.11. The number of benzene rings is 1. The first-order chi connectivity index (χ1) is 10.6. The third-order valence-corrected chi connectivity index (χ3v) is 3.87. The predicted molar refractivity (Wildman–Crippen MR) is 90.6 cm³/mol. The fraction of sp³-hybridized carbons (Fsp3) is 0.375. The molecule has 0 aliphatic carbocycles. The highest BCUT2D eigenvalue weighted by molar-refractivity contribution is 5.62. The number of nitrogens with zero attached hydrogens (tertiary/aromatic N) is 4. The second kappa shape index (κ2) is 6.19. The van der Waals surface area contributed by atoms with E-state index in [2.05, 4.69) is 56.4 Å². The van der Waals surface area contributed by atoms with Crippen molar-refractivity contribution < 1.29 is 0 Å². The molecule has 116 valence electrons. The Hall–Kier alpha value is -2.34. The largest absolute Gasteiger partial charge is 0.384 e. The van der Waals surface area contributed by atoms with Gasteiger partial charge in [0.2, 0.25) is 0 Å². The molecule has 0 unspecified atom stereocenters. The number of hydrogen-bond donors (Lipinski definition) is 2. The molecule has 0 amide bonds. The summed E-state index contributed by atoms with van der Waals surface area (Å²) in [6, 6.07) is 10.2. The van der Waals surface area contributed by atoms with Crippen molar-refractivity contribution in [1.29, 1.82) is 0 Å². The van der Waals surface area contributed by atoms with Gasteiger partial charge in [-0.15, -0.1) is 0 Å². The van der Waals surface area contributed by atoms with Crippen molar-refractivity contribution in [3.8, 4) is 0 Å². The fourth-order valence-corrected chi connectivity index (χ4v) is 2.62. The van der Waals surface area contributed by atoms with Crippen LogP contribution in [0, 0.1) is 6.92 Å². The highest BCUT2D eigenvalue weighted by Gasteiger charge is 2.13. The van der Waals surface area contributed by atoms with Crippen LogP contribution in [0.15, 0.2) is 30.3 Å². The Morgan fingerprint density at radius 2 is 1.73 bits per heavy atom. The lowest BCUT2D eigenvalue weighted by atomic mass is 10.2. The lowest BCUT2D eigenvalue weighted by Gasteiger charge is -2.34. The Bertz CT molecular complexity index is 611. The smallest absolute Gasteiger partial charge is 0.136 e. The molecule has 6 heteroatoms. The lowest BCUT2D eigenvalue weighted by Crippen LogP contribution is -2.44. The number of likely N-dealkylation sites (N-methyl/N-ethyl adjacent to an activating group) is 1. The molecule has 3 rings (SSSR count). The van der Waals surface area contributed by atoms with Crippen molar-refractivity contribution in [2.45, 2.75) is 6.92 Å². The Morgan fingerprint density at radius 1 is 1.05 bits per heavy atom. The Labute approximate surface area is 131 Å². The number of rotatable bonds is 3. The number of nitrogens with one attached hydrogen (secondary N) is 1. The number of hydrogen-bond acceptors (Lipinski definition) is 6. The summed E-state index contributed by atoms with van der Waals surface area (Å²) in [7, 11) is 2.17. The van der Waals surface area contributed by atoms with E-state index in [4.69, 9.17) is 5.73 Å². The van der Waals surface area contributed by atoms with Gasteiger partial charge in [-0.25, -0.2) is 9.97 Å². The Morgan fingerprint density at radius 3 is 2.36 bits per heavy atom. The molecule has 1 aliphatic heterocycles. The first-order valence-corrected chi connectivity index (χ1v) is 7.52. The second-order valence-electron chi connectivity index (χ2n) is 5.69. The maximum atomic E-state index is 5.74. The molecule has 2 heterocycles. The third-order valence-electron chi connectivity index (χ3n) is 3.87. The molecule has 1 fully saturated rings. The van der Waals surface area contributed by atoms with Gasteiger partial charge in [-0.1, -0.05) is 0 Å². The van der Waals surface area contributed by atoms with E-state index in [1.54, 1.807) is 6.07 Å². The molecule has 1 saturated heterocycles. The summed E-state index contributed by atoms with van der Waals surface area (Å²) < 4.78 is 0. The molecular weight excluding hydrogens is 276 g/mol. The van der Waals surface area contributed by atoms with Gasteiger partial charge in [-0.3, -0.25) is 0 Å². The number of nitrogen functional groups attached to an aromatic ring is 1. The zero-order chi connectivity index (χ0) is 15.5. The molecule has 0 saturated carbocycles. The summed E-state index contributed by atoms with van der Waals surface area (Å²) in [5.41, 5.74) is 8.00. The van der Waals surface area contributed by atoms with Crippen molar-refractivity contribution in [3.63, 3.8) is 0 Å². The van der Waals surface area contributed by atoms with Crippen molar-refractivity contribution in [1.82, 2.24) is 14.9 Å². The zero-order valence-electron chi connectivity index (χ0n) is 13.1. The minimum Gasteiger partial charge on any atom is -0.384 e. The van der Waals surface area contributed by atoms with E-state index in [0.29, 0.717) is 11.6 Å². The summed E-state index contributed by atoms with van der Waals surface area (Å²) in [6.07, 6.45) is 0. The van der Waals surface area contributed by atoms with E-state index in [1.165, 1.54) is 5.69 Å². The number of nitrogens with two attached hydrogens (primary N) is 1. The molecule has 0 atom stereocenters. The van der Waals surface area contributed by atoms with Crippen molar-refractivity contribution in [2.75, 3.05) is 49.2 Å². The van der Waals surface area contributed by atoms with Crippen LogP contribution < -0.4 is 16.0 Å². The van der Waals surface area contributed by atoms with E-state index < -0.39 is 0 Å². The van der Waals surface area contributed by atoms with Crippen LogP contribution in [0.3, 0.4) is 0 Å². The highest BCUT2D eigenvalue weighted by Crippen LogP contribution is 2.21. The molecule has 1 aromatic heterocycles. The summed E-state index contributed by atoms with van der Waals surface area (Å²) >= 11 is 0. The molecule has 6 nitrogen and oxygen atoms in total. The third kappa shape index (κ3) is 3.46. The maximum Gasteiger partial charge on any atom is 0.136 e. The van der Waals surface area contributed by atoms with E-state index in [9.17, 15) is 0 Å². The van der Waals surface area contributed by atoms with Crippen molar-refractivity contribution >= 4 is 23.0 Å². The van der Waals surface area contributed by atoms with Crippen LogP contribution in [0.4, 0.5) is 23.0 Å². The SMILES string of the molecule is Cc1nc(N)cc(Nc2ccc(N3CCN(C)CC3)cc2)n1. The Balaban J connectivity index is 1.69. The van der Waals surface area contributed by atoms with Gasteiger partial charge in [-0.2, -0.15) is 0 Å². The summed E-state index contributed by atoms with van der Waals surface area (Å²) in [4.78, 5) is 13.2. The minimum absolute atomic E-state index is 0.476. The predicted octanol–water partition coefficient (Wildman–Crippen LogP) is 1.86. The molecule has 2 aromatic rings. The van der Waals surface area contributed by atoms with E-state index >= 15 is 0 Å². The molecule has 3 N–H and O–H groups in total. The van der Waals surface area contributed by atoms with Crippen LogP contribution in [-0.4, -0.2) is 48.1 Å². The highest BCUT2D eigenvalue weighted by atomic mass is 15.2. The molecule has 22 heavy (non-hydrogen) atoms. The van der Waals surface area contributed by atoms with Gasteiger partial charge in [0, 0.05) is 43.6 Å². The van der Waals surface area contributed by atoms with Crippen molar-refractivity contribution in [3.05, 3.63) is 36.2 Å². The number of aryl methyl sites for hydroxylation is 1. The van der Waals surface area contributed by atoms with E-state index in [-0.39, 0.29) is 0 Å². The number of aromatic nitrogens is 2. The van der Waals surface area contributed by atoms with Crippen LogP contribution in [0.2, 0.25) is 0 Å². The van der Waals surface area contributed by atoms with E-state index in [0.717, 1.165) is 37.7 Å². The van der Waals surface area contributed by atoms with Crippen LogP contribution in [0.1, 0.15) is 5.82 Å². The quantitative estimate of drug-likeness (QED) is 0.901.